The van der Waals surface area contributed by atoms with E-state index in [2.05, 4.69) is 10.2 Å². The fourth-order valence-corrected chi connectivity index (χ4v) is 3.33. The number of nitro groups is 1. The maximum Gasteiger partial charge on any atom is 0.333 e. The molecule has 31 heavy (non-hydrogen) atoms. The third-order valence-electron chi connectivity index (χ3n) is 4.17. The molecule has 0 saturated carbocycles. The molecule has 14 nitrogen and oxygen atoms in total. The second-order valence-electron chi connectivity index (χ2n) is 6.32. The standard InChI is InChI=1S/C16H17N3O11S/c20-8-10-6-9(3-4-11(10)19(25)26)15(23)17-5-1-2-14(22)30-18-13(21)7-12(16(18)24)31(27,28)29/h3-4,6,12,20H,1-2,5,7-8H2,(H,17,23)(H,27,28,29). The van der Waals surface area contributed by atoms with Crippen LogP contribution in [0.5, 0.6) is 0 Å². The Labute approximate surface area is 174 Å². The van der Waals surface area contributed by atoms with E-state index >= 15 is 0 Å². The molecule has 0 aliphatic carbocycles. The Balaban J connectivity index is 1.83. The van der Waals surface area contributed by atoms with Gasteiger partial charge in [-0.2, -0.15) is 8.42 Å². The van der Waals surface area contributed by atoms with Gasteiger partial charge in [0, 0.05) is 24.6 Å². The Hall–Kier alpha value is -3.43. The number of aliphatic hydroxyl groups is 1. The van der Waals surface area contributed by atoms with Gasteiger partial charge in [0.25, 0.3) is 33.5 Å². The van der Waals surface area contributed by atoms with Crippen molar-refractivity contribution in [2.75, 3.05) is 6.54 Å². The van der Waals surface area contributed by atoms with E-state index in [1.54, 1.807) is 0 Å². The van der Waals surface area contributed by atoms with Gasteiger partial charge in [-0.15, -0.1) is 5.06 Å². The fourth-order valence-electron chi connectivity index (χ4n) is 2.63. The fraction of sp³-hybridized carbons (Fsp3) is 0.375. The average Bonchev–Trinajstić information content (AvgIpc) is 2.98. The highest BCUT2D eigenvalue weighted by atomic mass is 32.2. The molecule has 1 heterocycles. The van der Waals surface area contributed by atoms with Crippen LogP contribution in [0.3, 0.4) is 0 Å². The van der Waals surface area contributed by atoms with Crippen molar-refractivity contribution in [1.82, 2.24) is 10.4 Å². The van der Waals surface area contributed by atoms with Crippen molar-refractivity contribution in [1.29, 1.82) is 0 Å². The summed E-state index contributed by atoms with van der Waals surface area (Å²) in [4.78, 5) is 61.9. The molecule has 1 aliphatic rings. The third kappa shape index (κ3) is 5.80. The zero-order chi connectivity index (χ0) is 23.3. The number of hydroxylamine groups is 2. The van der Waals surface area contributed by atoms with Crippen LogP contribution in [-0.2, 0) is 35.9 Å². The Morgan fingerprint density at radius 2 is 2.00 bits per heavy atom. The lowest BCUT2D eigenvalue weighted by atomic mass is 10.1. The molecule has 1 unspecified atom stereocenters. The number of aliphatic hydroxyl groups excluding tert-OH is 1. The van der Waals surface area contributed by atoms with E-state index in [1.807, 2.05) is 0 Å². The summed E-state index contributed by atoms with van der Waals surface area (Å²) in [5, 5.41) is 20.4. The van der Waals surface area contributed by atoms with Gasteiger partial charge in [0.05, 0.1) is 23.5 Å². The van der Waals surface area contributed by atoms with Crippen LogP contribution in [-0.4, -0.2) is 63.5 Å². The lowest BCUT2D eigenvalue weighted by Crippen LogP contribution is -2.36. The number of nitrogens with zero attached hydrogens (tertiary/aromatic N) is 2. The van der Waals surface area contributed by atoms with Gasteiger partial charge in [-0.1, -0.05) is 0 Å². The van der Waals surface area contributed by atoms with Crippen LogP contribution in [0.1, 0.15) is 35.2 Å². The highest BCUT2D eigenvalue weighted by Crippen LogP contribution is 2.21. The van der Waals surface area contributed by atoms with E-state index in [1.165, 1.54) is 6.07 Å². The van der Waals surface area contributed by atoms with Gasteiger partial charge >= 0.3 is 5.97 Å². The summed E-state index contributed by atoms with van der Waals surface area (Å²) in [5.41, 5.74) is -0.352. The highest BCUT2D eigenvalue weighted by molar-refractivity contribution is 7.87. The second kappa shape index (κ2) is 9.59. The topological polar surface area (TPSA) is 211 Å². The number of nitrogens with one attached hydrogen (secondary N) is 1. The quantitative estimate of drug-likeness (QED) is 0.135. The number of amides is 3. The molecule has 0 spiro atoms. The average molecular weight is 459 g/mol. The van der Waals surface area contributed by atoms with Crippen LogP contribution in [0.4, 0.5) is 5.69 Å². The maximum absolute atomic E-state index is 12.1. The molecule has 3 amide bonds. The number of benzene rings is 1. The van der Waals surface area contributed by atoms with E-state index in [0.717, 1.165) is 12.1 Å². The predicted octanol–water partition coefficient (Wildman–Crippen LogP) is -0.929. The molecule has 0 radical (unpaired) electrons. The summed E-state index contributed by atoms with van der Waals surface area (Å²) in [7, 11) is -4.83. The van der Waals surface area contributed by atoms with E-state index in [4.69, 9.17) is 4.55 Å². The number of hydrogen-bond acceptors (Lipinski definition) is 10. The Kier molecular flexibility index (Phi) is 7.37. The van der Waals surface area contributed by atoms with Crippen molar-refractivity contribution in [3.8, 4) is 0 Å². The maximum atomic E-state index is 12.1. The molecule has 1 atom stereocenters. The van der Waals surface area contributed by atoms with Crippen molar-refractivity contribution in [3.05, 3.63) is 39.4 Å². The Morgan fingerprint density at radius 1 is 1.32 bits per heavy atom. The van der Waals surface area contributed by atoms with Gasteiger partial charge in [0.15, 0.2) is 5.25 Å². The number of carbonyl (C=O) groups is 4. The summed E-state index contributed by atoms with van der Waals surface area (Å²) in [6.07, 6.45) is -1.19. The summed E-state index contributed by atoms with van der Waals surface area (Å²) >= 11 is 0. The molecule has 0 bridgehead atoms. The zero-order valence-corrected chi connectivity index (χ0v) is 16.5. The van der Waals surface area contributed by atoms with Gasteiger partial charge in [-0.25, -0.2) is 4.79 Å². The molecule has 1 aromatic rings. The van der Waals surface area contributed by atoms with Crippen LogP contribution in [0.2, 0.25) is 0 Å². The first-order chi connectivity index (χ1) is 14.5. The molecule has 0 aromatic heterocycles. The first-order valence-electron chi connectivity index (χ1n) is 8.66. The van der Waals surface area contributed by atoms with Gasteiger partial charge in [-0.3, -0.25) is 29.1 Å². The van der Waals surface area contributed by atoms with Gasteiger partial charge in [0.2, 0.25) is 0 Å². The smallest absolute Gasteiger partial charge is 0.333 e. The monoisotopic (exact) mass is 459 g/mol. The number of nitro benzene ring substituents is 1. The van der Waals surface area contributed by atoms with Crippen LogP contribution >= 0.6 is 0 Å². The Morgan fingerprint density at radius 3 is 2.55 bits per heavy atom. The van der Waals surface area contributed by atoms with Crippen molar-refractivity contribution >= 4 is 39.5 Å². The summed E-state index contributed by atoms with van der Waals surface area (Å²) < 4.78 is 31.0. The van der Waals surface area contributed by atoms with Gasteiger partial charge in [-0.05, 0) is 18.6 Å². The second-order valence-corrected chi connectivity index (χ2v) is 7.91. The largest absolute Gasteiger partial charge is 0.391 e. The number of hydrogen-bond donors (Lipinski definition) is 3. The van der Waals surface area contributed by atoms with E-state index in [9.17, 15) is 42.8 Å². The van der Waals surface area contributed by atoms with Crippen LogP contribution in [0.25, 0.3) is 0 Å². The van der Waals surface area contributed by atoms with E-state index < -0.39 is 57.0 Å². The molecule has 1 fully saturated rings. The normalized spacial score (nSPS) is 16.3. The molecular weight excluding hydrogens is 442 g/mol. The van der Waals surface area contributed by atoms with Crippen LogP contribution in [0, 0.1) is 10.1 Å². The molecule has 1 saturated heterocycles. The number of carbonyl (C=O) groups excluding carboxylic acids is 4. The lowest BCUT2D eigenvalue weighted by molar-refractivity contribution is -0.385. The van der Waals surface area contributed by atoms with Crippen LogP contribution in [0.15, 0.2) is 18.2 Å². The van der Waals surface area contributed by atoms with Crippen molar-refractivity contribution in [3.63, 3.8) is 0 Å². The molecule has 3 N–H and O–H groups in total. The van der Waals surface area contributed by atoms with Crippen molar-refractivity contribution in [2.24, 2.45) is 0 Å². The molecule has 2 rings (SSSR count). The molecular formula is C16H17N3O11S. The predicted molar refractivity (Wildman–Crippen MR) is 98.5 cm³/mol. The Bertz CT molecular complexity index is 1040. The summed E-state index contributed by atoms with van der Waals surface area (Å²) in [6, 6.07) is 3.41. The summed E-state index contributed by atoms with van der Waals surface area (Å²) in [6.45, 7) is -0.690. The third-order valence-corrected chi connectivity index (χ3v) is 5.25. The minimum atomic E-state index is -4.83. The number of rotatable bonds is 9. The van der Waals surface area contributed by atoms with Crippen molar-refractivity contribution < 1.29 is 47.0 Å². The molecule has 15 heteroatoms. The SMILES string of the molecule is O=C(CCCNC(=O)c1ccc([N+](=O)[O-])c(CO)c1)ON1C(=O)CC(S(=O)(=O)O)C1=O. The highest BCUT2D eigenvalue weighted by Gasteiger charge is 2.48. The first-order valence-corrected chi connectivity index (χ1v) is 10.2. The zero-order valence-electron chi connectivity index (χ0n) is 15.7. The lowest BCUT2D eigenvalue weighted by Gasteiger charge is -2.13. The number of imide groups is 1. The van der Waals surface area contributed by atoms with Crippen LogP contribution < -0.4 is 5.32 Å². The minimum Gasteiger partial charge on any atom is -0.391 e. The summed E-state index contributed by atoms with van der Waals surface area (Å²) in [5.74, 6) is -4.16. The molecule has 1 aromatic carbocycles. The van der Waals surface area contributed by atoms with Crippen molar-refractivity contribution in [2.45, 2.75) is 31.1 Å². The van der Waals surface area contributed by atoms with E-state index in [0.29, 0.717) is 0 Å². The van der Waals surface area contributed by atoms with Gasteiger partial charge in [0.1, 0.15) is 0 Å². The van der Waals surface area contributed by atoms with E-state index in [-0.39, 0.29) is 41.3 Å². The first kappa shape index (κ1) is 23.8. The van der Waals surface area contributed by atoms with Gasteiger partial charge < -0.3 is 15.3 Å². The molecule has 168 valence electrons. The minimum absolute atomic E-state index is 0.0162. The molecule has 1 aliphatic heterocycles.